The molecule has 0 radical (unpaired) electrons. The van der Waals surface area contributed by atoms with Crippen molar-refractivity contribution in [2.45, 2.75) is 43.3 Å². The second-order valence-electron chi connectivity index (χ2n) is 10.4. The molecule has 230 valence electrons. The summed E-state index contributed by atoms with van der Waals surface area (Å²) in [6, 6.07) is 19.1. The van der Waals surface area contributed by atoms with E-state index in [0.717, 1.165) is 29.7 Å². The van der Waals surface area contributed by atoms with Gasteiger partial charge in [0.25, 0.3) is 5.91 Å². The van der Waals surface area contributed by atoms with Gasteiger partial charge in [-0.05, 0) is 80.3 Å². The number of sulfonamides is 1. The van der Waals surface area contributed by atoms with Crippen LogP contribution in [0, 0.1) is 13.8 Å². The van der Waals surface area contributed by atoms with Crippen LogP contribution >= 0.6 is 11.8 Å². The maximum Gasteiger partial charge on any atom is 0.251 e. The van der Waals surface area contributed by atoms with Crippen LogP contribution in [0.4, 0.5) is 5.69 Å². The fraction of sp³-hybridized carbons (Fsp3) is 0.290. The van der Waals surface area contributed by atoms with Gasteiger partial charge in [-0.15, -0.1) is 10.2 Å². The fourth-order valence-corrected chi connectivity index (χ4v) is 7.15. The molecule has 1 aliphatic rings. The van der Waals surface area contributed by atoms with Crippen LogP contribution in [-0.2, 0) is 21.4 Å². The quantitative estimate of drug-likeness (QED) is 0.233. The minimum Gasteiger partial charge on any atom is -0.495 e. The largest absolute Gasteiger partial charge is 0.495 e. The molecule has 1 saturated heterocycles. The normalized spacial score (nSPS) is 13.5. The second kappa shape index (κ2) is 13.6. The maximum absolute atomic E-state index is 13.0. The number of hydrogen-bond donors (Lipinski definition) is 2. The Morgan fingerprint density at radius 2 is 1.70 bits per heavy atom. The Bertz CT molecular complexity index is 1770. The van der Waals surface area contributed by atoms with Crippen molar-refractivity contribution >= 4 is 39.3 Å². The number of anilines is 1. The summed E-state index contributed by atoms with van der Waals surface area (Å²) in [7, 11) is -2.01. The van der Waals surface area contributed by atoms with Crippen molar-refractivity contribution in [2.75, 3.05) is 31.3 Å². The smallest absolute Gasteiger partial charge is 0.251 e. The van der Waals surface area contributed by atoms with Crippen LogP contribution in [0.5, 0.6) is 5.75 Å². The Kier molecular flexibility index (Phi) is 9.67. The molecule has 11 nitrogen and oxygen atoms in total. The monoisotopic (exact) mass is 634 g/mol. The van der Waals surface area contributed by atoms with E-state index in [9.17, 15) is 18.0 Å². The molecule has 2 amide bonds. The lowest BCUT2D eigenvalue weighted by Crippen LogP contribution is -2.28. The summed E-state index contributed by atoms with van der Waals surface area (Å²) >= 11 is 1.21. The topological polar surface area (TPSA) is 136 Å². The Labute approximate surface area is 261 Å². The molecule has 13 heteroatoms. The number of amides is 2. The number of rotatable bonds is 11. The molecule has 0 unspecified atom stereocenters. The zero-order valence-electron chi connectivity index (χ0n) is 24.7. The molecule has 0 atom stereocenters. The molecule has 1 aliphatic heterocycles. The van der Waals surface area contributed by atoms with E-state index in [4.69, 9.17) is 4.74 Å². The van der Waals surface area contributed by atoms with E-state index in [2.05, 4.69) is 20.8 Å². The van der Waals surface area contributed by atoms with Crippen molar-refractivity contribution in [3.05, 3.63) is 89.2 Å². The summed E-state index contributed by atoms with van der Waals surface area (Å²) in [4.78, 5) is 26.1. The standard InChI is InChI=1S/C31H34N6O5S2/c1-21-10-11-22(2)25(18-21)33-29(38)20-43-31-35-34-28(37(31)26-8-4-5-9-27(26)42-3)19-32-30(39)23-12-14-24(15-13-23)44(40,41)36-16-6-7-17-36/h4-5,8-15,18H,6-7,16-17,19-20H2,1-3H3,(H,32,39)(H,33,38). The van der Waals surface area contributed by atoms with E-state index in [1.165, 1.54) is 40.3 Å². The molecule has 4 aromatic rings. The Balaban J connectivity index is 1.31. The van der Waals surface area contributed by atoms with Gasteiger partial charge in [0.1, 0.15) is 5.75 Å². The average Bonchev–Trinajstić information content (AvgIpc) is 3.72. The number of thioether (sulfide) groups is 1. The first kappa shape index (κ1) is 31.2. The van der Waals surface area contributed by atoms with Crippen LogP contribution in [0.1, 0.15) is 40.2 Å². The highest BCUT2D eigenvalue weighted by molar-refractivity contribution is 7.99. The lowest BCUT2D eigenvalue weighted by atomic mass is 10.1. The number of para-hydroxylation sites is 2. The minimum absolute atomic E-state index is 0.0208. The minimum atomic E-state index is -3.57. The van der Waals surface area contributed by atoms with Gasteiger partial charge in [0.15, 0.2) is 11.0 Å². The molecule has 3 aromatic carbocycles. The highest BCUT2D eigenvalue weighted by Gasteiger charge is 2.27. The number of carbonyl (C=O) groups excluding carboxylic acids is 2. The highest BCUT2D eigenvalue weighted by atomic mass is 32.2. The molecule has 2 N–H and O–H groups in total. The van der Waals surface area contributed by atoms with Gasteiger partial charge in [-0.2, -0.15) is 4.31 Å². The van der Waals surface area contributed by atoms with Crippen LogP contribution < -0.4 is 15.4 Å². The first-order valence-corrected chi connectivity index (χ1v) is 16.6. The fourth-order valence-electron chi connectivity index (χ4n) is 4.87. The van der Waals surface area contributed by atoms with Crippen LogP contribution in [-0.4, -0.2) is 65.3 Å². The van der Waals surface area contributed by atoms with Gasteiger partial charge in [0.2, 0.25) is 15.9 Å². The number of hydrogen-bond acceptors (Lipinski definition) is 8. The van der Waals surface area contributed by atoms with Crippen molar-refractivity contribution in [2.24, 2.45) is 0 Å². The lowest BCUT2D eigenvalue weighted by molar-refractivity contribution is -0.113. The second-order valence-corrected chi connectivity index (χ2v) is 13.3. The molecule has 2 heterocycles. The number of aryl methyl sites for hydroxylation is 2. The SMILES string of the molecule is COc1ccccc1-n1c(CNC(=O)c2ccc(S(=O)(=O)N3CCCC3)cc2)nnc1SCC(=O)Nc1cc(C)ccc1C. The summed E-state index contributed by atoms with van der Waals surface area (Å²) in [5.74, 6) is 0.486. The van der Waals surface area contributed by atoms with Crippen molar-refractivity contribution < 1.29 is 22.7 Å². The molecule has 44 heavy (non-hydrogen) atoms. The number of carbonyl (C=O) groups is 2. The van der Waals surface area contributed by atoms with Crippen LogP contribution in [0.25, 0.3) is 5.69 Å². The third-order valence-electron chi connectivity index (χ3n) is 7.25. The third kappa shape index (κ3) is 6.95. The number of benzene rings is 3. The number of methoxy groups -OCH3 is 1. The average molecular weight is 635 g/mol. The van der Waals surface area contributed by atoms with Gasteiger partial charge in [-0.1, -0.05) is 36.0 Å². The molecular weight excluding hydrogens is 601 g/mol. The molecular formula is C31H34N6O5S2. The third-order valence-corrected chi connectivity index (χ3v) is 10.1. The van der Waals surface area contributed by atoms with E-state index in [-0.39, 0.29) is 23.1 Å². The van der Waals surface area contributed by atoms with Crippen molar-refractivity contribution in [1.29, 1.82) is 0 Å². The van der Waals surface area contributed by atoms with E-state index in [0.29, 0.717) is 41.1 Å². The predicted octanol–water partition coefficient (Wildman–Crippen LogP) is 4.34. The Morgan fingerprint density at radius 1 is 0.977 bits per heavy atom. The van der Waals surface area contributed by atoms with Crippen molar-refractivity contribution in [1.82, 2.24) is 24.4 Å². The highest BCUT2D eigenvalue weighted by Crippen LogP contribution is 2.29. The first-order valence-electron chi connectivity index (χ1n) is 14.1. The summed E-state index contributed by atoms with van der Waals surface area (Å²) in [5, 5.41) is 14.9. The van der Waals surface area contributed by atoms with Gasteiger partial charge < -0.3 is 15.4 Å². The molecule has 5 rings (SSSR count). The van der Waals surface area contributed by atoms with E-state index in [1.807, 2.05) is 50.2 Å². The molecule has 0 spiro atoms. The van der Waals surface area contributed by atoms with Gasteiger partial charge >= 0.3 is 0 Å². The lowest BCUT2D eigenvalue weighted by Gasteiger charge is -2.16. The van der Waals surface area contributed by atoms with Crippen molar-refractivity contribution in [3.8, 4) is 11.4 Å². The molecule has 0 aliphatic carbocycles. The van der Waals surface area contributed by atoms with Gasteiger partial charge in [-0.25, -0.2) is 8.42 Å². The number of aromatic nitrogens is 3. The van der Waals surface area contributed by atoms with E-state index in [1.54, 1.807) is 17.7 Å². The first-order chi connectivity index (χ1) is 21.2. The maximum atomic E-state index is 13.0. The van der Waals surface area contributed by atoms with E-state index >= 15 is 0 Å². The Morgan fingerprint density at radius 3 is 2.43 bits per heavy atom. The van der Waals surface area contributed by atoms with Gasteiger partial charge in [0.05, 0.1) is 30.0 Å². The van der Waals surface area contributed by atoms with Gasteiger partial charge in [-0.3, -0.25) is 14.2 Å². The number of ether oxygens (including phenoxy) is 1. The molecule has 0 saturated carbocycles. The summed E-state index contributed by atoms with van der Waals surface area (Å²) in [6.45, 7) is 4.94. The number of nitrogens with zero attached hydrogens (tertiary/aromatic N) is 4. The van der Waals surface area contributed by atoms with Crippen molar-refractivity contribution in [3.63, 3.8) is 0 Å². The zero-order valence-corrected chi connectivity index (χ0v) is 26.4. The Hall–Kier alpha value is -4.20. The molecule has 0 bridgehead atoms. The van der Waals surface area contributed by atoms with Crippen LogP contribution in [0.2, 0.25) is 0 Å². The summed E-state index contributed by atoms with van der Waals surface area (Å²) in [6.07, 6.45) is 1.69. The molecule has 1 fully saturated rings. The zero-order chi connectivity index (χ0) is 31.3. The summed E-state index contributed by atoms with van der Waals surface area (Å²) in [5.41, 5.74) is 3.73. The molecule has 1 aromatic heterocycles. The summed E-state index contributed by atoms with van der Waals surface area (Å²) < 4.78 is 34.5. The van der Waals surface area contributed by atoms with Crippen LogP contribution in [0.15, 0.2) is 76.8 Å². The predicted molar refractivity (Wildman–Crippen MR) is 169 cm³/mol. The van der Waals surface area contributed by atoms with E-state index < -0.39 is 15.9 Å². The van der Waals surface area contributed by atoms with Gasteiger partial charge in [0, 0.05) is 24.3 Å². The number of nitrogens with one attached hydrogen (secondary N) is 2. The van der Waals surface area contributed by atoms with Crippen LogP contribution in [0.3, 0.4) is 0 Å².